The zero-order chi connectivity index (χ0) is 14.4. The van der Waals surface area contributed by atoms with Crippen molar-refractivity contribution in [1.82, 2.24) is 10.2 Å². The van der Waals surface area contributed by atoms with E-state index in [1.54, 1.807) is 19.1 Å². The predicted molar refractivity (Wildman–Crippen MR) is 80.6 cm³/mol. The molecule has 104 valence electrons. The van der Waals surface area contributed by atoms with Gasteiger partial charge >= 0.3 is 0 Å². The first-order chi connectivity index (χ1) is 8.90. The maximum atomic E-state index is 10.8. The molecule has 0 radical (unpaired) electrons. The fourth-order valence-electron chi connectivity index (χ4n) is 1.45. The summed E-state index contributed by atoms with van der Waals surface area (Å²) in [7, 11) is 3.95. The number of nitrogens with one attached hydrogen (secondary N) is 2. The molecule has 1 rings (SSSR count). The van der Waals surface area contributed by atoms with Crippen LogP contribution in [0.1, 0.15) is 5.56 Å². The summed E-state index contributed by atoms with van der Waals surface area (Å²) in [4.78, 5) is 12.5. The number of thiocarbonyl (C=S) groups is 1. The largest absolute Gasteiger partial charge is 0.361 e. The van der Waals surface area contributed by atoms with Gasteiger partial charge in [0.05, 0.1) is 4.92 Å². The van der Waals surface area contributed by atoms with E-state index >= 15 is 0 Å². The lowest BCUT2D eigenvalue weighted by Crippen LogP contribution is -2.34. The van der Waals surface area contributed by atoms with Gasteiger partial charge in [-0.05, 0) is 39.3 Å². The Kier molecular flexibility index (Phi) is 5.65. The van der Waals surface area contributed by atoms with Gasteiger partial charge in [-0.3, -0.25) is 10.1 Å². The third-order valence-electron chi connectivity index (χ3n) is 2.51. The average Bonchev–Trinajstić information content (AvgIpc) is 2.30. The highest BCUT2D eigenvalue weighted by Gasteiger charge is 2.11. The van der Waals surface area contributed by atoms with Crippen LogP contribution in [0.15, 0.2) is 18.2 Å². The van der Waals surface area contributed by atoms with Crippen LogP contribution in [0.25, 0.3) is 0 Å². The van der Waals surface area contributed by atoms with Crippen LogP contribution < -0.4 is 10.6 Å². The Bertz CT molecular complexity index is 477. The summed E-state index contributed by atoms with van der Waals surface area (Å²) in [6, 6.07) is 4.94. The van der Waals surface area contributed by atoms with Crippen molar-refractivity contribution in [2.24, 2.45) is 0 Å². The first-order valence-corrected chi connectivity index (χ1v) is 6.25. The third-order valence-corrected chi connectivity index (χ3v) is 2.75. The molecule has 0 bridgehead atoms. The molecule has 0 saturated carbocycles. The molecule has 0 amide bonds. The van der Waals surface area contributed by atoms with Crippen LogP contribution in [0.2, 0.25) is 0 Å². The van der Waals surface area contributed by atoms with E-state index in [0.29, 0.717) is 22.9 Å². The van der Waals surface area contributed by atoms with Gasteiger partial charge in [-0.25, -0.2) is 0 Å². The lowest BCUT2D eigenvalue weighted by molar-refractivity contribution is -0.385. The number of nitrogens with zero attached hydrogens (tertiary/aromatic N) is 2. The summed E-state index contributed by atoms with van der Waals surface area (Å²) in [5.41, 5.74) is 1.32. The second-order valence-corrected chi connectivity index (χ2v) is 4.85. The van der Waals surface area contributed by atoms with Crippen molar-refractivity contribution < 1.29 is 4.92 Å². The summed E-state index contributed by atoms with van der Waals surface area (Å²) in [6.45, 7) is 3.28. The number of hydrogen-bond donors (Lipinski definition) is 2. The van der Waals surface area contributed by atoms with E-state index in [1.165, 1.54) is 6.07 Å². The molecule has 0 spiro atoms. The molecule has 0 atom stereocenters. The minimum Gasteiger partial charge on any atom is -0.361 e. The molecule has 2 N–H and O–H groups in total. The number of benzene rings is 1. The van der Waals surface area contributed by atoms with E-state index in [-0.39, 0.29) is 5.69 Å². The smallest absolute Gasteiger partial charge is 0.274 e. The van der Waals surface area contributed by atoms with Crippen molar-refractivity contribution in [2.45, 2.75) is 6.92 Å². The number of likely N-dealkylation sites (N-methyl/N-ethyl adjacent to an activating group) is 1. The summed E-state index contributed by atoms with van der Waals surface area (Å²) < 4.78 is 0. The molecule has 7 heteroatoms. The van der Waals surface area contributed by atoms with Crippen molar-refractivity contribution in [2.75, 3.05) is 32.5 Å². The molecular weight excluding hydrogens is 264 g/mol. The van der Waals surface area contributed by atoms with Gasteiger partial charge in [0.2, 0.25) is 0 Å². The Labute approximate surface area is 117 Å². The van der Waals surface area contributed by atoms with Gasteiger partial charge in [-0.2, -0.15) is 0 Å². The number of nitro benzene ring substituents is 1. The second kappa shape index (κ2) is 7.01. The molecule has 0 aliphatic heterocycles. The van der Waals surface area contributed by atoms with Crippen molar-refractivity contribution in [3.63, 3.8) is 0 Å². The fourth-order valence-corrected chi connectivity index (χ4v) is 1.67. The van der Waals surface area contributed by atoms with Crippen LogP contribution in [0.5, 0.6) is 0 Å². The highest BCUT2D eigenvalue weighted by atomic mass is 32.1. The molecule has 6 nitrogen and oxygen atoms in total. The number of aryl methyl sites for hydroxylation is 1. The molecule has 1 aromatic carbocycles. The Morgan fingerprint density at radius 3 is 2.74 bits per heavy atom. The monoisotopic (exact) mass is 282 g/mol. The fraction of sp³-hybridized carbons (Fsp3) is 0.417. The standard InChI is InChI=1S/C12H18N4O2S/c1-9-4-5-10(8-11(9)16(17)18)14-12(19)13-6-7-15(2)3/h4-5,8H,6-7H2,1-3H3,(H2,13,14,19). The topological polar surface area (TPSA) is 70.4 Å². The lowest BCUT2D eigenvalue weighted by Gasteiger charge is -2.13. The Morgan fingerprint density at radius 2 is 2.16 bits per heavy atom. The molecule has 19 heavy (non-hydrogen) atoms. The molecule has 0 fully saturated rings. The Morgan fingerprint density at radius 1 is 1.47 bits per heavy atom. The van der Waals surface area contributed by atoms with E-state index in [9.17, 15) is 10.1 Å². The summed E-state index contributed by atoms with van der Waals surface area (Å²) in [5.74, 6) is 0. The Hall–Kier alpha value is -1.73. The van der Waals surface area contributed by atoms with Crippen LogP contribution >= 0.6 is 12.2 Å². The molecule has 0 heterocycles. The van der Waals surface area contributed by atoms with Crippen molar-refractivity contribution in [3.05, 3.63) is 33.9 Å². The minimum absolute atomic E-state index is 0.0843. The maximum Gasteiger partial charge on any atom is 0.274 e. The molecule has 1 aromatic rings. The van der Waals surface area contributed by atoms with Gasteiger partial charge in [0.15, 0.2) is 5.11 Å². The molecule has 0 aliphatic rings. The van der Waals surface area contributed by atoms with E-state index in [0.717, 1.165) is 6.54 Å². The quantitative estimate of drug-likeness (QED) is 0.487. The van der Waals surface area contributed by atoms with Crippen molar-refractivity contribution in [1.29, 1.82) is 0 Å². The van der Waals surface area contributed by atoms with Crippen LogP contribution in [0.3, 0.4) is 0 Å². The number of rotatable bonds is 5. The first-order valence-electron chi connectivity index (χ1n) is 5.85. The van der Waals surface area contributed by atoms with Gasteiger partial charge in [0, 0.05) is 30.4 Å². The normalized spacial score (nSPS) is 10.3. The van der Waals surface area contributed by atoms with Crippen LogP contribution in [-0.2, 0) is 0 Å². The van der Waals surface area contributed by atoms with Gasteiger partial charge in [-0.15, -0.1) is 0 Å². The van der Waals surface area contributed by atoms with Crippen molar-refractivity contribution in [3.8, 4) is 0 Å². The first kappa shape index (κ1) is 15.3. The molecule has 0 aromatic heterocycles. The van der Waals surface area contributed by atoms with Gasteiger partial charge < -0.3 is 15.5 Å². The average molecular weight is 282 g/mol. The summed E-state index contributed by atoms with van der Waals surface area (Å²) >= 11 is 5.12. The molecule has 0 saturated heterocycles. The van der Waals surface area contributed by atoms with Gasteiger partial charge in [0.25, 0.3) is 5.69 Å². The third kappa shape index (κ3) is 5.19. The van der Waals surface area contributed by atoms with E-state index in [2.05, 4.69) is 10.6 Å². The molecular formula is C12H18N4O2S. The zero-order valence-corrected chi connectivity index (χ0v) is 12.1. The maximum absolute atomic E-state index is 10.8. The van der Waals surface area contributed by atoms with Crippen LogP contribution in [0.4, 0.5) is 11.4 Å². The summed E-state index contributed by atoms with van der Waals surface area (Å²) in [6.07, 6.45) is 0. The van der Waals surface area contributed by atoms with E-state index in [4.69, 9.17) is 12.2 Å². The zero-order valence-electron chi connectivity index (χ0n) is 11.3. The van der Waals surface area contributed by atoms with E-state index in [1.807, 2.05) is 19.0 Å². The minimum atomic E-state index is -0.400. The number of anilines is 1. The van der Waals surface area contributed by atoms with Gasteiger partial charge in [0.1, 0.15) is 0 Å². The van der Waals surface area contributed by atoms with Crippen molar-refractivity contribution >= 4 is 28.7 Å². The lowest BCUT2D eigenvalue weighted by atomic mass is 10.2. The predicted octanol–water partition coefficient (Wildman–Crippen LogP) is 1.75. The highest BCUT2D eigenvalue weighted by molar-refractivity contribution is 7.80. The van der Waals surface area contributed by atoms with E-state index < -0.39 is 4.92 Å². The second-order valence-electron chi connectivity index (χ2n) is 4.44. The number of nitro groups is 1. The van der Waals surface area contributed by atoms with Gasteiger partial charge in [-0.1, -0.05) is 6.07 Å². The Balaban J connectivity index is 2.60. The molecule has 0 unspecified atom stereocenters. The van der Waals surface area contributed by atoms with Crippen LogP contribution in [-0.4, -0.2) is 42.1 Å². The summed E-state index contributed by atoms with van der Waals surface area (Å²) in [5, 5.41) is 17.3. The highest BCUT2D eigenvalue weighted by Crippen LogP contribution is 2.22. The molecule has 0 aliphatic carbocycles. The SMILES string of the molecule is Cc1ccc(NC(=S)NCCN(C)C)cc1[N+](=O)[O-]. The number of hydrogen-bond acceptors (Lipinski definition) is 4. The van der Waals surface area contributed by atoms with Crippen LogP contribution in [0, 0.1) is 17.0 Å².